The van der Waals surface area contributed by atoms with Crippen LogP contribution in [0.3, 0.4) is 0 Å². The minimum Gasteiger partial charge on any atom is -0.366 e. The molecule has 1 heterocycles. The Morgan fingerprint density at radius 2 is 1.78 bits per heavy atom. The number of amides is 1. The first-order chi connectivity index (χ1) is 11.1. The van der Waals surface area contributed by atoms with Gasteiger partial charge in [-0.25, -0.2) is 0 Å². The molecule has 4 heteroatoms. The van der Waals surface area contributed by atoms with Crippen molar-refractivity contribution in [2.24, 2.45) is 11.5 Å². The van der Waals surface area contributed by atoms with Gasteiger partial charge in [-0.05, 0) is 54.8 Å². The molecule has 1 fully saturated rings. The zero-order valence-electron chi connectivity index (χ0n) is 13.2. The molecule has 1 saturated heterocycles. The number of benzene rings is 2. The Kier molecular flexibility index (Phi) is 4.74. The van der Waals surface area contributed by atoms with Crippen LogP contribution < -0.4 is 11.5 Å². The quantitative estimate of drug-likeness (QED) is 0.911. The van der Waals surface area contributed by atoms with Crippen molar-refractivity contribution in [2.45, 2.75) is 25.4 Å². The number of hydrogen-bond acceptors (Lipinski definition) is 3. The molecule has 1 aliphatic rings. The van der Waals surface area contributed by atoms with Crippen LogP contribution in [0.4, 0.5) is 0 Å². The molecular weight excluding hydrogens is 286 g/mol. The Bertz CT molecular complexity index is 676. The van der Waals surface area contributed by atoms with Gasteiger partial charge in [-0.1, -0.05) is 36.4 Å². The summed E-state index contributed by atoms with van der Waals surface area (Å²) in [4.78, 5) is 13.9. The van der Waals surface area contributed by atoms with E-state index in [2.05, 4.69) is 17.0 Å². The zero-order chi connectivity index (χ0) is 16.2. The van der Waals surface area contributed by atoms with Crippen molar-refractivity contribution in [1.29, 1.82) is 0 Å². The molecule has 0 saturated carbocycles. The van der Waals surface area contributed by atoms with Gasteiger partial charge < -0.3 is 11.5 Å². The van der Waals surface area contributed by atoms with Gasteiger partial charge in [-0.3, -0.25) is 9.69 Å². The molecule has 4 N–H and O–H groups in total. The van der Waals surface area contributed by atoms with Gasteiger partial charge in [-0.15, -0.1) is 0 Å². The fourth-order valence-corrected chi connectivity index (χ4v) is 3.13. The first kappa shape index (κ1) is 15.7. The number of hydrogen-bond donors (Lipinski definition) is 2. The summed E-state index contributed by atoms with van der Waals surface area (Å²) in [5.41, 5.74) is 15.5. The van der Waals surface area contributed by atoms with Crippen molar-refractivity contribution in [3.63, 3.8) is 0 Å². The molecule has 2 aromatic carbocycles. The molecule has 0 aliphatic carbocycles. The van der Waals surface area contributed by atoms with Crippen molar-refractivity contribution in [3.05, 3.63) is 59.7 Å². The highest BCUT2D eigenvalue weighted by molar-refractivity contribution is 5.93. The molecule has 0 unspecified atom stereocenters. The molecule has 120 valence electrons. The molecule has 0 aromatic heterocycles. The summed E-state index contributed by atoms with van der Waals surface area (Å²) in [7, 11) is 0. The number of nitrogens with zero attached hydrogens (tertiary/aromatic N) is 1. The second-order valence-corrected chi connectivity index (χ2v) is 6.22. The summed E-state index contributed by atoms with van der Waals surface area (Å²) < 4.78 is 0. The van der Waals surface area contributed by atoms with Gasteiger partial charge in [-0.2, -0.15) is 0 Å². The van der Waals surface area contributed by atoms with E-state index < -0.39 is 0 Å². The summed E-state index contributed by atoms with van der Waals surface area (Å²) in [6.45, 7) is 2.81. The average molecular weight is 309 g/mol. The van der Waals surface area contributed by atoms with Gasteiger partial charge >= 0.3 is 0 Å². The van der Waals surface area contributed by atoms with E-state index in [1.54, 1.807) is 6.07 Å². The Labute approximate surface area is 137 Å². The lowest BCUT2D eigenvalue weighted by Crippen LogP contribution is -2.39. The summed E-state index contributed by atoms with van der Waals surface area (Å²) >= 11 is 0. The maximum atomic E-state index is 11.5. The number of rotatable bonds is 4. The highest BCUT2D eigenvalue weighted by atomic mass is 16.1. The van der Waals surface area contributed by atoms with Gasteiger partial charge in [0, 0.05) is 18.2 Å². The van der Waals surface area contributed by atoms with Crippen LogP contribution in [0.25, 0.3) is 11.1 Å². The minimum atomic E-state index is -0.383. The summed E-state index contributed by atoms with van der Waals surface area (Å²) in [6, 6.07) is 16.3. The van der Waals surface area contributed by atoms with Crippen LogP contribution in [0.2, 0.25) is 0 Å². The van der Waals surface area contributed by atoms with Crippen LogP contribution in [-0.4, -0.2) is 29.9 Å². The number of piperidine rings is 1. The second kappa shape index (κ2) is 6.94. The topological polar surface area (TPSA) is 72.4 Å². The number of carbonyl (C=O) groups is 1. The largest absolute Gasteiger partial charge is 0.366 e. The zero-order valence-corrected chi connectivity index (χ0v) is 13.2. The summed E-state index contributed by atoms with van der Waals surface area (Å²) in [5, 5.41) is 0. The van der Waals surface area contributed by atoms with E-state index in [0.29, 0.717) is 11.6 Å². The van der Waals surface area contributed by atoms with Gasteiger partial charge in [0.15, 0.2) is 0 Å². The van der Waals surface area contributed by atoms with Crippen molar-refractivity contribution in [2.75, 3.05) is 13.1 Å². The highest BCUT2D eigenvalue weighted by Crippen LogP contribution is 2.26. The van der Waals surface area contributed by atoms with Crippen LogP contribution in [0, 0.1) is 0 Å². The van der Waals surface area contributed by atoms with Gasteiger partial charge in [0.2, 0.25) is 5.91 Å². The third-order valence-electron chi connectivity index (χ3n) is 4.50. The SMILES string of the molecule is NC(=O)c1ccc(-c2ccccc2)c(CN2CCC(N)CC2)c1. The maximum Gasteiger partial charge on any atom is 0.248 e. The number of carbonyl (C=O) groups excluding carboxylic acids is 1. The van der Waals surface area contributed by atoms with Gasteiger partial charge in [0.1, 0.15) is 0 Å². The van der Waals surface area contributed by atoms with Crippen LogP contribution in [0.15, 0.2) is 48.5 Å². The first-order valence-electron chi connectivity index (χ1n) is 8.09. The normalized spacial score (nSPS) is 16.4. The van der Waals surface area contributed by atoms with Gasteiger partial charge in [0.25, 0.3) is 0 Å². The monoisotopic (exact) mass is 309 g/mol. The fraction of sp³-hybridized carbons (Fsp3) is 0.316. The van der Waals surface area contributed by atoms with Crippen molar-refractivity contribution >= 4 is 5.91 Å². The van der Waals surface area contributed by atoms with Crippen molar-refractivity contribution in [3.8, 4) is 11.1 Å². The third kappa shape index (κ3) is 3.78. The second-order valence-electron chi connectivity index (χ2n) is 6.22. The molecule has 3 rings (SSSR count). The van der Waals surface area contributed by atoms with Crippen LogP contribution >= 0.6 is 0 Å². The fourth-order valence-electron chi connectivity index (χ4n) is 3.13. The van der Waals surface area contributed by atoms with E-state index in [1.165, 1.54) is 0 Å². The van der Waals surface area contributed by atoms with Gasteiger partial charge in [0.05, 0.1) is 0 Å². The van der Waals surface area contributed by atoms with E-state index in [-0.39, 0.29) is 5.91 Å². The average Bonchev–Trinajstić information content (AvgIpc) is 2.57. The lowest BCUT2D eigenvalue weighted by atomic mass is 9.96. The number of nitrogens with two attached hydrogens (primary N) is 2. The molecule has 2 aromatic rings. The molecule has 1 amide bonds. The first-order valence-corrected chi connectivity index (χ1v) is 8.09. The predicted molar refractivity (Wildman–Crippen MR) is 92.9 cm³/mol. The van der Waals surface area contributed by atoms with Crippen LogP contribution in [0.1, 0.15) is 28.8 Å². The van der Waals surface area contributed by atoms with E-state index >= 15 is 0 Å². The Hall–Kier alpha value is -2.17. The number of likely N-dealkylation sites (tertiary alicyclic amines) is 1. The minimum absolute atomic E-state index is 0.316. The highest BCUT2D eigenvalue weighted by Gasteiger charge is 2.18. The number of primary amides is 1. The molecule has 0 spiro atoms. The standard InChI is InChI=1S/C19H23N3O/c20-17-8-10-22(11-9-17)13-16-12-15(19(21)23)6-7-18(16)14-4-2-1-3-5-14/h1-7,12,17H,8-11,13,20H2,(H2,21,23). The van der Waals surface area contributed by atoms with E-state index in [4.69, 9.17) is 11.5 Å². The Morgan fingerprint density at radius 1 is 1.09 bits per heavy atom. The Morgan fingerprint density at radius 3 is 2.43 bits per heavy atom. The van der Waals surface area contributed by atoms with Crippen LogP contribution in [0.5, 0.6) is 0 Å². The van der Waals surface area contributed by atoms with Crippen molar-refractivity contribution < 1.29 is 4.79 Å². The third-order valence-corrected chi connectivity index (χ3v) is 4.50. The van der Waals surface area contributed by atoms with Crippen molar-refractivity contribution in [1.82, 2.24) is 4.90 Å². The molecule has 0 bridgehead atoms. The molecule has 0 atom stereocenters. The lowest BCUT2D eigenvalue weighted by molar-refractivity contribution is 0.1000. The molecule has 0 radical (unpaired) electrons. The van der Waals surface area contributed by atoms with E-state index in [0.717, 1.165) is 49.2 Å². The Balaban J connectivity index is 1.91. The predicted octanol–water partition coefficient (Wildman–Crippen LogP) is 2.38. The molecule has 4 nitrogen and oxygen atoms in total. The lowest BCUT2D eigenvalue weighted by Gasteiger charge is -2.30. The maximum absolute atomic E-state index is 11.5. The smallest absolute Gasteiger partial charge is 0.248 e. The molecule has 23 heavy (non-hydrogen) atoms. The molecular formula is C19H23N3O. The summed E-state index contributed by atoms with van der Waals surface area (Å²) in [5.74, 6) is -0.383. The van der Waals surface area contributed by atoms with E-state index in [9.17, 15) is 4.79 Å². The summed E-state index contributed by atoms with van der Waals surface area (Å²) in [6.07, 6.45) is 2.05. The van der Waals surface area contributed by atoms with Crippen LogP contribution in [-0.2, 0) is 6.54 Å². The molecule has 1 aliphatic heterocycles. The van der Waals surface area contributed by atoms with E-state index in [1.807, 2.05) is 30.3 Å².